The summed E-state index contributed by atoms with van der Waals surface area (Å²) >= 11 is 0. The van der Waals surface area contributed by atoms with Gasteiger partial charge in [-0.15, -0.1) is 0 Å². The van der Waals surface area contributed by atoms with Gasteiger partial charge in [0.25, 0.3) is 0 Å². The number of para-hydroxylation sites is 1. The second-order valence-corrected chi connectivity index (χ2v) is 4.17. The highest BCUT2D eigenvalue weighted by atomic mass is 16.5. The second-order valence-electron chi connectivity index (χ2n) is 4.17. The van der Waals surface area contributed by atoms with Crippen LogP contribution in [-0.2, 0) is 14.3 Å². The summed E-state index contributed by atoms with van der Waals surface area (Å²) in [7, 11) is 1.20. The summed E-state index contributed by atoms with van der Waals surface area (Å²) in [6.07, 6.45) is 0. The molecule has 2 unspecified atom stereocenters. The number of hydrogen-bond acceptors (Lipinski definition) is 5. The van der Waals surface area contributed by atoms with Crippen LogP contribution < -0.4 is 10.1 Å². The maximum atomic E-state index is 12.1. The highest BCUT2D eigenvalue weighted by Crippen LogP contribution is 2.33. The van der Waals surface area contributed by atoms with E-state index in [9.17, 15) is 9.59 Å². The quantitative estimate of drug-likeness (QED) is 0.737. The number of methoxy groups -OCH3 is 1. The summed E-state index contributed by atoms with van der Waals surface area (Å²) in [5.41, 5.74) is 0.779. The molecule has 2 rings (SSSR count). The summed E-state index contributed by atoms with van der Waals surface area (Å²) in [5, 5.41) is 11.5. The minimum absolute atomic E-state index is 0.227. The Balaban J connectivity index is 2.07. The molecule has 0 radical (unpaired) electrons. The summed E-state index contributed by atoms with van der Waals surface area (Å²) in [6.45, 7) is -0.280. The molecule has 0 saturated carbocycles. The van der Waals surface area contributed by atoms with Crippen LogP contribution in [-0.4, -0.2) is 43.3 Å². The standard InChI is InChI=1S/C13H15NO5/c1-18-13(17)10(6-15)14-12(16)9-7-19-11-5-3-2-4-8(9)11/h2-5,9-10,15H,6-7H2,1H3,(H,14,16). The van der Waals surface area contributed by atoms with Crippen molar-refractivity contribution in [2.75, 3.05) is 20.3 Å². The molecular weight excluding hydrogens is 250 g/mol. The van der Waals surface area contributed by atoms with Crippen LogP contribution >= 0.6 is 0 Å². The number of carbonyl (C=O) groups is 2. The van der Waals surface area contributed by atoms with Gasteiger partial charge >= 0.3 is 5.97 Å². The Morgan fingerprint density at radius 2 is 2.26 bits per heavy atom. The number of hydrogen-bond donors (Lipinski definition) is 2. The first-order chi connectivity index (χ1) is 9.17. The van der Waals surface area contributed by atoms with Crippen molar-refractivity contribution in [2.24, 2.45) is 0 Å². The van der Waals surface area contributed by atoms with Crippen LogP contribution in [0.3, 0.4) is 0 Å². The van der Waals surface area contributed by atoms with Crippen molar-refractivity contribution in [3.8, 4) is 5.75 Å². The Kier molecular flexibility index (Phi) is 4.01. The zero-order chi connectivity index (χ0) is 13.8. The summed E-state index contributed by atoms with van der Waals surface area (Å²) in [6, 6.07) is 6.18. The van der Waals surface area contributed by atoms with Crippen molar-refractivity contribution < 1.29 is 24.2 Å². The van der Waals surface area contributed by atoms with E-state index in [1.54, 1.807) is 12.1 Å². The second kappa shape index (κ2) is 5.71. The van der Waals surface area contributed by atoms with E-state index < -0.39 is 24.5 Å². The van der Waals surface area contributed by atoms with Gasteiger partial charge in [0.15, 0.2) is 6.04 Å². The van der Waals surface area contributed by atoms with Gasteiger partial charge in [0.05, 0.1) is 13.7 Å². The maximum Gasteiger partial charge on any atom is 0.330 e. The Morgan fingerprint density at radius 1 is 1.53 bits per heavy atom. The fourth-order valence-corrected chi connectivity index (χ4v) is 1.97. The molecule has 0 spiro atoms. The Bertz CT molecular complexity index is 488. The number of benzene rings is 1. The molecule has 19 heavy (non-hydrogen) atoms. The average molecular weight is 265 g/mol. The highest BCUT2D eigenvalue weighted by Gasteiger charge is 2.32. The molecule has 0 saturated heterocycles. The number of nitrogens with one attached hydrogen (secondary N) is 1. The van der Waals surface area contributed by atoms with E-state index >= 15 is 0 Å². The van der Waals surface area contributed by atoms with Crippen molar-refractivity contribution in [3.63, 3.8) is 0 Å². The molecule has 2 atom stereocenters. The Hall–Kier alpha value is -2.08. The summed E-state index contributed by atoms with van der Waals surface area (Å²) < 4.78 is 9.89. The lowest BCUT2D eigenvalue weighted by atomic mass is 10.0. The third-order valence-corrected chi connectivity index (χ3v) is 3.00. The number of aliphatic hydroxyl groups excluding tert-OH is 1. The molecule has 1 aromatic carbocycles. The first-order valence-electron chi connectivity index (χ1n) is 5.88. The van der Waals surface area contributed by atoms with E-state index in [1.807, 2.05) is 12.1 Å². The fourth-order valence-electron chi connectivity index (χ4n) is 1.97. The lowest BCUT2D eigenvalue weighted by Gasteiger charge is -2.16. The molecule has 1 aliphatic heterocycles. The lowest BCUT2D eigenvalue weighted by molar-refractivity contribution is -0.146. The molecule has 0 aromatic heterocycles. The van der Waals surface area contributed by atoms with Gasteiger partial charge in [-0.1, -0.05) is 18.2 Å². The molecule has 1 aromatic rings. The molecule has 0 aliphatic carbocycles. The molecule has 6 nitrogen and oxygen atoms in total. The van der Waals surface area contributed by atoms with Crippen molar-refractivity contribution in [2.45, 2.75) is 12.0 Å². The van der Waals surface area contributed by atoms with Crippen LogP contribution in [0.1, 0.15) is 11.5 Å². The van der Waals surface area contributed by atoms with Gasteiger partial charge < -0.3 is 19.9 Å². The van der Waals surface area contributed by atoms with Crippen LogP contribution in [0.15, 0.2) is 24.3 Å². The molecule has 0 bridgehead atoms. The number of carbonyl (C=O) groups excluding carboxylic acids is 2. The molecule has 0 fully saturated rings. The van der Waals surface area contributed by atoms with E-state index in [0.717, 1.165) is 5.56 Å². The first kappa shape index (κ1) is 13.4. The zero-order valence-corrected chi connectivity index (χ0v) is 10.5. The van der Waals surface area contributed by atoms with Crippen molar-refractivity contribution in [1.29, 1.82) is 0 Å². The van der Waals surface area contributed by atoms with Gasteiger partial charge in [-0.3, -0.25) is 4.79 Å². The maximum absolute atomic E-state index is 12.1. The van der Waals surface area contributed by atoms with Gasteiger partial charge in [0.1, 0.15) is 18.3 Å². The molecular formula is C13H15NO5. The zero-order valence-electron chi connectivity index (χ0n) is 10.5. The normalized spacial score (nSPS) is 18.1. The molecule has 6 heteroatoms. The molecule has 1 aliphatic rings. The Morgan fingerprint density at radius 3 is 2.95 bits per heavy atom. The SMILES string of the molecule is COC(=O)C(CO)NC(=O)C1COc2ccccc21. The number of ether oxygens (including phenoxy) is 2. The van der Waals surface area contributed by atoms with E-state index in [-0.39, 0.29) is 12.5 Å². The molecule has 102 valence electrons. The van der Waals surface area contributed by atoms with Crippen molar-refractivity contribution in [3.05, 3.63) is 29.8 Å². The molecule has 1 amide bonds. The van der Waals surface area contributed by atoms with Crippen LogP contribution in [0.5, 0.6) is 5.75 Å². The first-order valence-corrected chi connectivity index (χ1v) is 5.88. The number of esters is 1. The van der Waals surface area contributed by atoms with E-state index in [1.165, 1.54) is 7.11 Å². The predicted octanol–water partition coefficient (Wildman–Crippen LogP) is -0.187. The van der Waals surface area contributed by atoms with Crippen LogP contribution in [0.4, 0.5) is 0 Å². The average Bonchev–Trinajstić information content (AvgIpc) is 2.87. The molecule has 1 heterocycles. The summed E-state index contributed by atoms with van der Waals surface area (Å²) in [4.78, 5) is 23.4. The minimum Gasteiger partial charge on any atom is -0.492 e. The highest BCUT2D eigenvalue weighted by molar-refractivity contribution is 5.89. The third kappa shape index (κ3) is 2.68. The van der Waals surface area contributed by atoms with Crippen LogP contribution in [0.25, 0.3) is 0 Å². The van der Waals surface area contributed by atoms with Gasteiger partial charge in [-0.2, -0.15) is 0 Å². The van der Waals surface area contributed by atoms with Gasteiger partial charge in [-0.05, 0) is 6.07 Å². The van der Waals surface area contributed by atoms with E-state index in [0.29, 0.717) is 5.75 Å². The topological polar surface area (TPSA) is 84.9 Å². The fraction of sp³-hybridized carbons (Fsp3) is 0.385. The third-order valence-electron chi connectivity index (χ3n) is 3.00. The Labute approximate surface area is 110 Å². The van der Waals surface area contributed by atoms with E-state index in [2.05, 4.69) is 10.1 Å². The van der Waals surface area contributed by atoms with Crippen molar-refractivity contribution in [1.82, 2.24) is 5.32 Å². The lowest BCUT2D eigenvalue weighted by Crippen LogP contribution is -2.46. The van der Waals surface area contributed by atoms with Gasteiger partial charge in [-0.25, -0.2) is 4.79 Å². The monoisotopic (exact) mass is 265 g/mol. The van der Waals surface area contributed by atoms with Crippen LogP contribution in [0.2, 0.25) is 0 Å². The summed E-state index contributed by atoms with van der Waals surface area (Å²) in [5.74, 6) is -0.853. The number of rotatable bonds is 4. The number of aliphatic hydroxyl groups is 1. The molecule has 2 N–H and O–H groups in total. The smallest absolute Gasteiger partial charge is 0.330 e. The van der Waals surface area contributed by atoms with Gasteiger partial charge in [0, 0.05) is 5.56 Å². The van der Waals surface area contributed by atoms with Crippen molar-refractivity contribution >= 4 is 11.9 Å². The van der Waals surface area contributed by atoms with E-state index in [4.69, 9.17) is 9.84 Å². The largest absolute Gasteiger partial charge is 0.492 e. The minimum atomic E-state index is -1.05. The number of amides is 1. The number of fused-ring (bicyclic) bond motifs is 1. The van der Waals surface area contributed by atoms with Gasteiger partial charge in [0.2, 0.25) is 5.91 Å². The van der Waals surface area contributed by atoms with Crippen LogP contribution in [0, 0.1) is 0 Å². The predicted molar refractivity (Wildman–Crippen MR) is 65.7 cm³/mol.